The molecule has 60 heavy (non-hydrogen) atoms. The van der Waals surface area contributed by atoms with Crippen molar-refractivity contribution in [1.29, 1.82) is 0 Å². The molecule has 3 fully saturated rings. The van der Waals surface area contributed by atoms with Crippen molar-refractivity contribution in [2.24, 2.45) is 52.3 Å². The summed E-state index contributed by atoms with van der Waals surface area (Å²) in [5, 5.41) is 22.1. The number of likely N-dealkylation sites (N-methyl/N-ethyl adjacent to an activating group) is 1. The predicted octanol–water partition coefficient (Wildman–Crippen LogP) is 12.4. The zero-order chi connectivity index (χ0) is 44.2. The van der Waals surface area contributed by atoms with Crippen LogP contribution in [-0.2, 0) is 23.1 Å². The first-order valence-electron chi connectivity index (χ1n) is 25.0. The quantitative estimate of drug-likeness (QED) is 0.0294. The minimum absolute atomic E-state index is 0.0688. The first-order valence-corrected chi connectivity index (χ1v) is 26.5. The number of phosphoric acid groups is 1. The maximum Gasteiger partial charge on any atom is 0.473 e. The Labute approximate surface area is 367 Å². The highest BCUT2D eigenvalue weighted by atomic mass is 31.2. The van der Waals surface area contributed by atoms with E-state index < -0.39 is 38.0 Å². The van der Waals surface area contributed by atoms with Crippen molar-refractivity contribution in [2.75, 3.05) is 47.5 Å². The molecular weight excluding hydrogens is 774 g/mol. The molecule has 10 heteroatoms. The van der Waals surface area contributed by atoms with Gasteiger partial charge < -0.3 is 24.3 Å². The Morgan fingerprint density at radius 2 is 1.50 bits per heavy atom. The van der Waals surface area contributed by atoms with Crippen molar-refractivity contribution >= 4 is 13.8 Å². The highest BCUT2D eigenvalue weighted by molar-refractivity contribution is 7.47. The molecule has 7 unspecified atom stereocenters. The third-order valence-corrected chi connectivity index (χ3v) is 17.5. The van der Waals surface area contributed by atoms with Gasteiger partial charge in [0.25, 0.3) is 0 Å². The van der Waals surface area contributed by atoms with Gasteiger partial charge in [0.1, 0.15) is 19.3 Å². The summed E-state index contributed by atoms with van der Waals surface area (Å²) in [6.45, 7) is 14.4. The van der Waals surface area contributed by atoms with Gasteiger partial charge in [-0.25, -0.2) is 9.36 Å². The number of aliphatic hydroxyl groups is 1. The van der Waals surface area contributed by atoms with Gasteiger partial charge in [0.05, 0.1) is 27.7 Å². The Balaban J connectivity index is 1.47. The SMILES string of the molecule is CCCCCCCCCCCCCCOC(CO)C(OP(=O)(O)OCC[N+](C)(C)C)(C(=O)O)C1CC[C@@]2(C)C(=CCC3C2CC[C@@]2(C)C3CC[C@@H]2[C@H](C)CCCC(C)C)C1. The predicted molar refractivity (Wildman–Crippen MR) is 245 cm³/mol. The van der Waals surface area contributed by atoms with E-state index in [-0.39, 0.29) is 18.6 Å². The van der Waals surface area contributed by atoms with Crippen molar-refractivity contribution in [3.63, 3.8) is 0 Å². The fourth-order valence-corrected chi connectivity index (χ4v) is 14.0. The molecule has 0 aromatic heterocycles. The number of rotatable bonds is 29. The van der Waals surface area contributed by atoms with E-state index >= 15 is 0 Å². The number of quaternary nitrogens is 1. The average molecular weight is 867 g/mol. The van der Waals surface area contributed by atoms with Crippen molar-refractivity contribution < 1.29 is 42.7 Å². The number of hydrogen-bond donors (Lipinski definition) is 3. The summed E-state index contributed by atoms with van der Waals surface area (Å²) in [7, 11) is 0.973. The zero-order valence-electron chi connectivity index (χ0n) is 40.1. The molecule has 0 spiro atoms. The third-order valence-electron chi connectivity index (χ3n) is 16.5. The third kappa shape index (κ3) is 13.4. The minimum Gasteiger partial charge on any atom is -0.479 e. The molecule has 3 N–H and O–H groups in total. The molecule has 0 aromatic rings. The van der Waals surface area contributed by atoms with E-state index in [1.165, 1.54) is 102 Å². The summed E-state index contributed by atoms with van der Waals surface area (Å²) in [6.07, 6.45) is 27.2. The second kappa shape index (κ2) is 23.4. The standard InChI is InChI=1S/C50H92NO8P/c1-10-11-12-13-14-15-16-17-18-19-20-21-34-57-46(37-52)50(47(53)54,59-60(55,56)58-35-33-51(7,8)9)41-29-31-48(5)40(36-41)25-26-42-44-28-27-43(39(4)24-22-23-38(2)3)49(44,6)32-30-45(42)48/h25,38-39,41-46,52H,10-24,26-37H2,1-9H3,(H-,53,54,55,56)/p+1/t39-,41?,42?,43-,44?,45?,46?,48+,49-,50?/m1/s1. The van der Waals surface area contributed by atoms with Gasteiger partial charge in [-0.2, -0.15) is 0 Å². The summed E-state index contributed by atoms with van der Waals surface area (Å²) < 4.78 is 32.0. The van der Waals surface area contributed by atoms with Gasteiger partial charge in [-0.15, -0.1) is 0 Å². The Kier molecular flexibility index (Phi) is 20.2. The van der Waals surface area contributed by atoms with Crippen LogP contribution in [0.3, 0.4) is 0 Å². The van der Waals surface area contributed by atoms with E-state index in [2.05, 4.69) is 47.6 Å². The summed E-state index contributed by atoms with van der Waals surface area (Å²) in [6, 6.07) is 0. The second-order valence-corrected chi connectivity index (χ2v) is 23.5. The molecule has 4 aliphatic carbocycles. The van der Waals surface area contributed by atoms with E-state index in [0.29, 0.717) is 53.5 Å². The highest BCUT2D eigenvalue weighted by Gasteiger charge is 2.63. The van der Waals surface area contributed by atoms with Crippen LogP contribution in [0.15, 0.2) is 11.6 Å². The van der Waals surface area contributed by atoms with Crippen LogP contribution < -0.4 is 0 Å². The Hall–Kier alpha value is -0.800. The number of fused-ring (bicyclic) bond motifs is 5. The Morgan fingerprint density at radius 3 is 2.08 bits per heavy atom. The van der Waals surface area contributed by atoms with E-state index in [0.717, 1.165) is 49.9 Å². The Morgan fingerprint density at radius 1 is 0.867 bits per heavy atom. The second-order valence-electron chi connectivity index (χ2n) is 22.2. The number of aliphatic hydroxyl groups excluding tert-OH is 1. The van der Waals surface area contributed by atoms with Crippen molar-refractivity contribution in [3.05, 3.63) is 11.6 Å². The van der Waals surface area contributed by atoms with Crippen LogP contribution in [0.5, 0.6) is 0 Å². The average Bonchev–Trinajstić information content (AvgIpc) is 3.53. The maximum atomic E-state index is 13.8. The van der Waals surface area contributed by atoms with Gasteiger partial charge in [-0.1, -0.05) is 143 Å². The smallest absolute Gasteiger partial charge is 0.473 e. The minimum atomic E-state index is -4.88. The van der Waals surface area contributed by atoms with Crippen LogP contribution in [-0.4, -0.2) is 84.8 Å². The molecule has 0 aromatic carbocycles. The fourth-order valence-electron chi connectivity index (χ4n) is 12.9. The van der Waals surface area contributed by atoms with Crippen LogP contribution in [0.25, 0.3) is 0 Å². The summed E-state index contributed by atoms with van der Waals surface area (Å²) in [5.74, 6) is 2.10. The number of allylic oxidation sites excluding steroid dienone is 2. The number of carboxylic acid groups (broad SMARTS) is 1. The molecule has 4 rings (SSSR count). The topological polar surface area (TPSA) is 123 Å². The van der Waals surface area contributed by atoms with E-state index in [1.54, 1.807) is 0 Å². The van der Waals surface area contributed by atoms with Gasteiger partial charge in [0.2, 0.25) is 5.60 Å². The molecule has 0 aliphatic heterocycles. The molecule has 0 radical (unpaired) electrons. The lowest BCUT2D eigenvalue weighted by Crippen LogP contribution is -2.61. The zero-order valence-corrected chi connectivity index (χ0v) is 41.0. The van der Waals surface area contributed by atoms with Gasteiger partial charge >= 0.3 is 13.8 Å². The number of ether oxygens (including phenoxy) is 1. The Bertz CT molecular complexity index is 1380. The molecule has 0 bridgehead atoms. The fraction of sp³-hybridized carbons (Fsp3) is 0.940. The molecule has 3 saturated carbocycles. The number of unbranched alkanes of at least 4 members (excludes halogenated alkanes) is 11. The molecule has 350 valence electrons. The molecule has 9 nitrogen and oxygen atoms in total. The number of carbonyl (C=O) groups is 1. The van der Waals surface area contributed by atoms with Crippen LogP contribution >= 0.6 is 7.82 Å². The molecule has 0 heterocycles. The lowest BCUT2D eigenvalue weighted by atomic mass is 9.46. The summed E-state index contributed by atoms with van der Waals surface area (Å²) in [4.78, 5) is 25.0. The number of carboxylic acids is 1. The number of phosphoric ester groups is 1. The maximum absolute atomic E-state index is 13.8. The molecule has 0 saturated heterocycles. The van der Waals surface area contributed by atoms with Crippen LogP contribution in [0.1, 0.15) is 189 Å². The number of hydrogen-bond acceptors (Lipinski definition) is 6. The van der Waals surface area contributed by atoms with E-state index in [1.807, 2.05) is 21.1 Å². The van der Waals surface area contributed by atoms with Crippen LogP contribution in [0.2, 0.25) is 0 Å². The molecule has 4 aliphatic rings. The van der Waals surface area contributed by atoms with E-state index in [9.17, 15) is 24.5 Å². The van der Waals surface area contributed by atoms with Crippen LogP contribution in [0.4, 0.5) is 0 Å². The van der Waals surface area contributed by atoms with E-state index in [4.69, 9.17) is 13.8 Å². The van der Waals surface area contributed by atoms with Gasteiger partial charge in [0.15, 0.2) is 0 Å². The van der Waals surface area contributed by atoms with Crippen molar-refractivity contribution in [3.8, 4) is 0 Å². The summed E-state index contributed by atoms with van der Waals surface area (Å²) >= 11 is 0. The largest absolute Gasteiger partial charge is 0.479 e. The normalized spacial score (nSPS) is 31.1. The van der Waals surface area contributed by atoms with Gasteiger partial charge in [0, 0.05) is 12.5 Å². The van der Waals surface area contributed by atoms with Gasteiger partial charge in [-0.05, 0) is 104 Å². The monoisotopic (exact) mass is 867 g/mol. The molecule has 11 atom stereocenters. The number of aliphatic carboxylic acids is 1. The molecule has 0 amide bonds. The number of nitrogens with zero attached hydrogens (tertiary/aromatic N) is 1. The van der Waals surface area contributed by atoms with Crippen molar-refractivity contribution in [2.45, 2.75) is 201 Å². The molecular formula is C50H93NO8P+. The first-order chi connectivity index (χ1) is 28.3. The van der Waals surface area contributed by atoms with Gasteiger partial charge in [-0.3, -0.25) is 9.05 Å². The lowest BCUT2D eigenvalue weighted by molar-refractivity contribution is -0.870. The van der Waals surface area contributed by atoms with Crippen LogP contribution in [0, 0.1) is 52.3 Å². The lowest BCUT2D eigenvalue weighted by Gasteiger charge is -2.59. The summed E-state index contributed by atoms with van der Waals surface area (Å²) in [5.41, 5.74) is -0.704. The highest BCUT2D eigenvalue weighted by Crippen LogP contribution is 2.68. The first kappa shape index (κ1) is 51.8. The van der Waals surface area contributed by atoms with Crippen molar-refractivity contribution in [1.82, 2.24) is 0 Å².